The van der Waals surface area contributed by atoms with E-state index < -0.39 is 17.4 Å². The molecule has 0 spiro atoms. The highest BCUT2D eigenvalue weighted by Crippen LogP contribution is 2.24. The standard InChI is InChI=1S/C11H16N2O4/c1-4-13-7-8(6-12-13)5-11(2,9(14)15)10(16)17-3/h6-7H,4-5H2,1-3H3,(H,14,15). The minimum Gasteiger partial charge on any atom is -0.480 e. The lowest BCUT2D eigenvalue weighted by atomic mass is 9.84. The maximum atomic E-state index is 11.5. The van der Waals surface area contributed by atoms with Crippen LogP contribution >= 0.6 is 0 Å². The first kappa shape index (κ1) is 13.2. The lowest BCUT2D eigenvalue weighted by Crippen LogP contribution is -2.39. The van der Waals surface area contributed by atoms with Crippen molar-refractivity contribution in [2.45, 2.75) is 26.8 Å². The van der Waals surface area contributed by atoms with E-state index >= 15 is 0 Å². The maximum Gasteiger partial charge on any atom is 0.323 e. The average Bonchev–Trinajstić information content (AvgIpc) is 2.75. The van der Waals surface area contributed by atoms with E-state index in [4.69, 9.17) is 5.11 Å². The first-order valence-electron chi connectivity index (χ1n) is 5.27. The number of rotatable bonds is 5. The zero-order valence-electron chi connectivity index (χ0n) is 10.1. The summed E-state index contributed by atoms with van der Waals surface area (Å²) in [6.45, 7) is 3.97. The molecule has 0 saturated carbocycles. The Morgan fingerprint density at radius 1 is 1.59 bits per heavy atom. The van der Waals surface area contributed by atoms with Gasteiger partial charge < -0.3 is 9.84 Å². The summed E-state index contributed by atoms with van der Waals surface area (Å²) in [4.78, 5) is 22.7. The Hall–Kier alpha value is -1.85. The van der Waals surface area contributed by atoms with Crippen molar-refractivity contribution in [3.8, 4) is 0 Å². The zero-order valence-corrected chi connectivity index (χ0v) is 10.1. The van der Waals surface area contributed by atoms with Gasteiger partial charge in [-0.05, 0) is 19.4 Å². The summed E-state index contributed by atoms with van der Waals surface area (Å²) in [6.07, 6.45) is 3.35. The summed E-state index contributed by atoms with van der Waals surface area (Å²) in [5, 5.41) is 13.2. The predicted octanol–water partition coefficient (Wildman–Crippen LogP) is 0.709. The Balaban J connectivity index is 2.94. The van der Waals surface area contributed by atoms with Crippen LogP contribution in [0, 0.1) is 5.41 Å². The van der Waals surface area contributed by atoms with Gasteiger partial charge in [0.25, 0.3) is 0 Å². The summed E-state index contributed by atoms with van der Waals surface area (Å²) in [6, 6.07) is 0. The van der Waals surface area contributed by atoms with Gasteiger partial charge in [0.2, 0.25) is 0 Å². The molecule has 1 atom stereocenters. The zero-order chi connectivity index (χ0) is 13.1. The molecular weight excluding hydrogens is 224 g/mol. The van der Waals surface area contributed by atoms with Crippen molar-refractivity contribution in [3.05, 3.63) is 18.0 Å². The average molecular weight is 240 g/mol. The molecule has 0 bridgehead atoms. The van der Waals surface area contributed by atoms with Crippen molar-refractivity contribution in [1.82, 2.24) is 9.78 Å². The number of ether oxygens (including phenoxy) is 1. The molecule has 17 heavy (non-hydrogen) atoms. The predicted molar refractivity (Wildman–Crippen MR) is 59.4 cm³/mol. The summed E-state index contributed by atoms with van der Waals surface area (Å²) in [7, 11) is 1.18. The van der Waals surface area contributed by atoms with E-state index in [2.05, 4.69) is 9.84 Å². The number of carboxylic acids is 1. The second-order valence-electron chi connectivity index (χ2n) is 4.01. The highest BCUT2D eigenvalue weighted by atomic mass is 16.5. The van der Waals surface area contributed by atoms with Crippen molar-refractivity contribution in [3.63, 3.8) is 0 Å². The number of nitrogens with zero attached hydrogens (tertiary/aromatic N) is 2. The van der Waals surface area contributed by atoms with E-state index in [1.807, 2.05) is 6.92 Å². The Labute approximate surface area is 99.2 Å². The Morgan fingerprint density at radius 3 is 2.65 bits per heavy atom. The summed E-state index contributed by atoms with van der Waals surface area (Å²) >= 11 is 0. The number of aromatic nitrogens is 2. The molecule has 0 amide bonds. The molecule has 0 aliphatic heterocycles. The van der Waals surface area contributed by atoms with E-state index in [0.717, 1.165) is 0 Å². The number of carbonyl (C=O) groups is 2. The van der Waals surface area contributed by atoms with Crippen LogP contribution in [0.15, 0.2) is 12.4 Å². The van der Waals surface area contributed by atoms with Gasteiger partial charge in [-0.1, -0.05) is 0 Å². The number of methoxy groups -OCH3 is 1. The second-order valence-corrected chi connectivity index (χ2v) is 4.01. The monoisotopic (exact) mass is 240 g/mol. The molecule has 6 heteroatoms. The van der Waals surface area contributed by atoms with Crippen LogP contribution in [0.3, 0.4) is 0 Å². The molecule has 1 unspecified atom stereocenters. The Bertz CT molecular complexity index is 427. The van der Waals surface area contributed by atoms with Gasteiger partial charge in [0.05, 0.1) is 13.3 Å². The molecule has 0 aliphatic rings. The lowest BCUT2D eigenvalue weighted by molar-refractivity contribution is -0.165. The molecule has 1 rings (SSSR count). The van der Waals surface area contributed by atoms with Crippen molar-refractivity contribution >= 4 is 11.9 Å². The van der Waals surface area contributed by atoms with Crippen LogP contribution in [-0.2, 0) is 27.3 Å². The number of aryl methyl sites for hydroxylation is 1. The van der Waals surface area contributed by atoms with Crippen LogP contribution < -0.4 is 0 Å². The fourth-order valence-electron chi connectivity index (χ4n) is 1.54. The van der Waals surface area contributed by atoms with Gasteiger partial charge in [-0.25, -0.2) is 0 Å². The van der Waals surface area contributed by atoms with Gasteiger partial charge in [-0.2, -0.15) is 5.10 Å². The molecule has 6 nitrogen and oxygen atoms in total. The number of esters is 1. The fourth-order valence-corrected chi connectivity index (χ4v) is 1.54. The van der Waals surface area contributed by atoms with Crippen LogP contribution in [0.4, 0.5) is 0 Å². The maximum absolute atomic E-state index is 11.5. The first-order valence-corrected chi connectivity index (χ1v) is 5.27. The van der Waals surface area contributed by atoms with Crippen LogP contribution in [0.5, 0.6) is 0 Å². The molecule has 1 aromatic heterocycles. The first-order chi connectivity index (χ1) is 7.93. The van der Waals surface area contributed by atoms with Gasteiger partial charge in [0.1, 0.15) is 0 Å². The second kappa shape index (κ2) is 4.99. The molecular formula is C11H16N2O4. The van der Waals surface area contributed by atoms with Crippen molar-refractivity contribution in [2.24, 2.45) is 5.41 Å². The molecule has 1 heterocycles. The minimum atomic E-state index is -1.57. The smallest absolute Gasteiger partial charge is 0.323 e. The highest BCUT2D eigenvalue weighted by molar-refractivity contribution is 5.98. The number of carboxylic acid groups (broad SMARTS) is 1. The van der Waals surface area contributed by atoms with Gasteiger partial charge in [0, 0.05) is 19.2 Å². The number of aliphatic carboxylic acids is 1. The molecule has 1 N–H and O–H groups in total. The number of carbonyl (C=O) groups excluding carboxylic acids is 1. The van der Waals surface area contributed by atoms with Crippen molar-refractivity contribution < 1.29 is 19.4 Å². The fraction of sp³-hybridized carbons (Fsp3) is 0.545. The molecule has 0 fully saturated rings. The van der Waals surface area contributed by atoms with E-state index in [9.17, 15) is 9.59 Å². The van der Waals surface area contributed by atoms with Crippen molar-refractivity contribution in [2.75, 3.05) is 7.11 Å². The van der Waals surface area contributed by atoms with E-state index in [-0.39, 0.29) is 6.42 Å². The van der Waals surface area contributed by atoms with Crippen LogP contribution in [0.25, 0.3) is 0 Å². The number of hydrogen-bond donors (Lipinski definition) is 1. The molecule has 94 valence electrons. The molecule has 0 aromatic carbocycles. The topological polar surface area (TPSA) is 81.4 Å². The third-order valence-electron chi connectivity index (χ3n) is 2.68. The van der Waals surface area contributed by atoms with Gasteiger partial charge >= 0.3 is 11.9 Å². The van der Waals surface area contributed by atoms with Gasteiger partial charge in [-0.15, -0.1) is 0 Å². The van der Waals surface area contributed by atoms with Crippen LogP contribution in [0.2, 0.25) is 0 Å². The normalized spacial score (nSPS) is 14.1. The molecule has 1 aromatic rings. The minimum absolute atomic E-state index is 0.0645. The largest absolute Gasteiger partial charge is 0.480 e. The number of hydrogen-bond acceptors (Lipinski definition) is 4. The summed E-state index contributed by atoms with van der Waals surface area (Å²) < 4.78 is 6.21. The van der Waals surface area contributed by atoms with Crippen LogP contribution in [0.1, 0.15) is 19.4 Å². The summed E-state index contributed by atoms with van der Waals surface area (Å²) in [5.41, 5.74) is -0.877. The van der Waals surface area contributed by atoms with Gasteiger partial charge in [0.15, 0.2) is 5.41 Å². The Kier molecular flexibility index (Phi) is 3.88. The van der Waals surface area contributed by atoms with Crippen LogP contribution in [-0.4, -0.2) is 33.9 Å². The summed E-state index contributed by atoms with van der Waals surface area (Å²) in [5.74, 6) is -1.96. The van der Waals surface area contributed by atoms with Gasteiger partial charge in [-0.3, -0.25) is 14.3 Å². The Morgan fingerprint density at radius 2 is 2.24 bits per heavy atom. The molecule has 0 radical (unpaired) electrons. The van der Waals surface area contributed by atoms with E-state index in [0.29, 0.717) is 12.1 Å². The van der Waals surface area contributed by atoms with E-state index in [1.54, 1.807) is 17.1 Å². The van der Waals surface area contributed by atoms with Crippen molar-refractivity contribution in [1.29, 1.82) is 0 Å². The molecule has 0 saturated heterocycles. The third kappa shape index (κ3) is 2.64. The highest BCUT2D eigenvalue weighted by Gasteiger charge is 2.43. The quantitative estimate of drug-likeness (QED) is 0.605. The van der Waals surface area contributed by atoms with E-state index in [1.165, 1.54) is 14.0 Å². The SMILES string of the molecule is CCn1cc(CC(C)(C(=O)O)C(=O)OC)cn1. The lowest BCUT2D eigenvalue weighted by Gasteiger charge is -2.20. The molecule has 0 aliphatic carbocycles. The third-order valence-corrected chi connectivity index (χ3v) is 2.68.